The molecular formula is C26H30Cl2N4O5S. The minimum atomic E-state index is -3.77. The summed E-state index contributed by atoms with van der Waals surface area (Å²) in [6, 6.07) is 12.0. The second-order valence-corrected chi connectivity index (χ2v) is 12.0. The van der Waals surface area contributed by atoms with E-state index in [0.29, 0.717) is 51.3 Å². The first-order valence-electron chi connectivity index (χ1n) is 12.5. The van der Waals surface area contributed by atoms with Crippen LogP contribution in [0.1, 0.15) is 43.2 Å². The van der Waals surface area contributed by atoms with Gasteiger partial charge in [0.1, 0.15) is 16.5 Å². The Hall–Kier alpha value is -2.50. The van der Waals surface area contributed by atoms with E-state index in [1.54, 1.807) is 12.1 Å². The first-order valence-corrected chi connectivity index (χ1v) is 14.7. The highest BCUT2D eigenvalue weighted by atomic mass is 35.5. The van der Waals surface area contributed by atoms with Gasteiger partial charge in [0.25, 0.3) is 0 Å². The molecule has 1 amide bonds. The minimum Gasteiger partial charge on any atom is -0.465 e. The molecule has 2 N–H and O–H groups in total. The maximum absolute atomic E-state index is 13.2. The minimum absolute atomic E-state index is 0.0160. The molecule has 0 unspecified atom stereocenters. The normalized spacial score (nSPS) is 15.7. The number of aliphatic imine (C=N–C) groups is 1. The van der Waals surface area contributed by atoms with Gasteiger partial charge >= 0.3 is 6.09 Å². The maximum atomic E-state index is 13.2. The average Bonchev–Trinajstić information content (AvgIpc) is 3.59. The Morgan fingerprint density at radius 2 is 1.84 bits per heavy atom. The van der Waals surface area contributed by atoms with E-state index < -0.39 is 16.1 Å². The van der Waals surface area contributed by atoms with Crippen LogP contribution in [0.25, 0.3) is 0 Å². The number of unbranched alkanes of at least 4 members (excludes halogenated alkanes) is 1. The molecule has 204 valence electrons. The number of amidine groups is 1. The molecule has 4 rings (SSSR count). The molecule has 38 heavy (non-hydrogen) atoms. The van der Waals surface area contributed by atoms with E-state index >= 15 is 0 Å². The van der Waals surface area contributed by atoms with Crippen LogP contribution in [0.5, 0.6) is 0 Å². The van der Waals surface area contributed by atoms with Gasteiger partial charge in [0, 0.05) is 31.1 Å². The summed E-state index contributed by atoms with van der Waals surface area (Å²) in [6.07, 6.45) is 2.11. The van der Waals surface area contributed by atoms with Crippen LogP contribution in [0.4, 0.5) is 4.79 Å². The van der Waals surface area contributed by atoms with E-state index in [1.807, 2.05) is 24.3 Å². The number of carbonyl (C=O) groups excluding carboxylic acids is 1. The van der Waals surface area contributed by atoms with Crippen molar-refractivity contribution >= 4 is 50.9 Å². The largest absolute Gasteiger partial charge is 0.465 e. The first-order chi connectivity index (χ1) is 18.2. The molecule has 0 radical (unpaired) electrons. The van der Waals surface area contributed by atoms with Gasteiger partial charge in [-0.05, 0) is 43.4 Å². The number of rotatable bonds is 13. The fourth-order valence-electron chi connectivity index (χ4n) is 4.35. The lowest BCUT2D eigenvalue weighted by Gasteiger charge is -2.22. The van der Waals surface area contributed by atoms with Gasteiger partial charge in [0.05, 0.1) is 29.7 Å². The molecule has 1 aliphatic carbocycles. The van der Waals surface area contributed by atoms with Crippen molar-refractivity contribution in [2.75, 3.05) is 26.2 Å². The Labute approximate surface area is 232 Å². The molecule has 1 fully saturated rings. The van der Waals surface area contributed by atoms with Crippen LogP contribution in [-0.4, -0.2) is 72.7 Å². The molecule has 0 atom stereocenters. The highest BCUT2D eigenvalue weighted by Gasteiger charge is 2.38. The SMILES string of the molecule is O=C(CCCCN(C1CC1)S(=O)(=O)c1cccc(Cl)c1Cl)CNCc1ccc(C2=NCCN2C(=O)O)cc1. The van der Waals surface area contributed by atoms with Gasteiger partial charge in [-0.3, -0.25) is 14.7 Å². The number of hydrogen-bond acceptors (Lipinski definition) is 6. The molecule has 12 heteroatoms. The summed E-state index contributed by atoms with van der Waals surface area (Å²) in [5.41, 5.74) is 1.71. The molecule has 0 bridgehead atoms. The van der Waals surface area contributed by atoms with Crippen LogP contribution in [0.3, 0.4) is 0 Å². The predicted octanol–water partition coefficient (Wildman–Crippen LogP) is 4.42. The Bertz CT molecular complexity index is 1310. The van der Waals surface area contributed by atoms with Crippen molar-refractivity contribution in [3.63, 3.8) is 0 Å². The van der Waals surface area contributed by atoms with E-state index in [1.165, 1.54) is 15.3 Å². The standard InChI is InChI=1S/C26H30Cl2N4O5S/c27-22-5-3-6-23(24(22)28)38(36,37)32(20-11-12-20)14-2-1-4-21(33)17-29-16-18-7-9-19(10-8-18)25-30-13-15-31(25)26(34)35/h3,5-10,20,29H,1-2,4,11-17H2,(H,34,35). The van der Waals surface area contributed by atoms with Crippen LogP contribution >= 0.6 is 23.2 Å². The van der Waals surface area contributed by atoms with Gasteiger partial charge in [-0.15, -0.1) is 0 Å². The van der Waals surface area contributed by atoms with Crippen molar-refractivity contribution in [1.82, 2.24) is 14.5 Å². The predicted molar refractivity (Wildman–Crippen MR) is 147 cm³/mol. The summed E-state index contributed by atoms with van der Waals surface area (Å²) >= 11 is 12.2. The Kier molecular flexibility index (Phi) is 9.43. The number of ketones is 1. The third kappa shape index (κ3) is 6.92. The third-order valence-corrected chi connectivity index (χ3v) is 9.40. The molecule has 2 aromatic rings. The fourth-order valence-corrected chi connectivity index (χ4v) is 6.81. The van der Waals surface area contributed by atoms with Crippen molar-refractivity contribution < 1.29 is 23.1 Å². The van der Waals surface area contributed by atoms with Gasteiger partial charge in [-0.25, -0.2) is 13.2 Å². The zero-order valence-corrected chi connectivity index (χ0v) is 23.1. The van der Waals surface area contributed by atoms with E-state index in [4.69, 9.17) is 23.2 Å². The first kappa shape index (κ1) is 28.5. The number of Topliss-reactive ketones (excluding diaryl/α,β-unsaturated/α-hetero) is 1. The summed E-state index contributed by atoms with van der Waals surface area (Å²) < 4.78 is 27.9. The number of amides is 1. The lowest BCUT2D eigenvalue weighted by Crippen LogP contribution is -2.34. The third-order valence-electron chi connectivity index (χ3n) is 6.48. The molecular weight excluding hydrogens is 551 g/mol. The number of carboxylic acid groups (broad SMARTS) is 1. The van der Waals surface area contributed by atoms with E-state index in [2.05, 4.69) is 10.3 Å². The van der Waals surface area contributed by atoms with Gasteiger partial charge in [-0.2, -0.15) is 4.31 Å². The van der Waals surface area contributed by atoms with Gasteiger partial charge in [0.2, 0.25) is 10.0 Å². The molecule has 1 aliphatic heterocycles. The van der Waals surface area contributed by atoms with Gasteiger partial charge < -0.3 is 10.4 Å². The second-order valence-electron chi connectivity index (χ2n) is 9.33. The van der Waals surface area contributed by atoms with Crippen LogP contribution < -0.4 is 5.32 Å². The topological polar surface area (TPSA) is 119 Å². The highest BCUT2D eigenvalue weighted by Crippen LogP contribution is 2.36. The monoisotopic (exact) mass is 580 g/mol. The van der Waals surface area contributed by atoms with Crippen molar-refractivity contribution in [2.24, 2.45) is 4.99 Å². The smallest absolute Gasteiger partial charge is 0.413 e. The highest BCUT2D eigenvalue weighted by molar-refractivity contribution is 7.89. The quantitative estimate of drug-likeness (QED) is 0.338. The summed E-state index contributed by atoms with van der Waals surface area (Å²) in [4.78, 5) is 29.2. The van der Waals surface area contributed by atoms with Crippen LogP contribution in [0.2, 0.25) is 10.0 Å². The maximum Gasteiger partial charge on any atom is 0.413 e. The summed E-state index contributed by atoms with van der Waals surface area (Å²) in [7, 11) is -3.77. The number of nitrogens with zero attached hydrogens (tertiary/aromatic N) is 3. The molecule has 1 heterocycles. The van der Waals surface area contributed by atoms with Crippen molar-refractivity contribution in [3.05, 3.63) is 63.6 Å². The number of hydrogen-bond donors (Lipinski definition) is 2. The summed E-state index contributed by atoms with van der Waals surface area (Å²) in [6.45, 7) is 1.85. The second kappa shape index (κ2) is 12.6. The fraction of sp³-hybridized carbons (Fsp3) is 0.423. The van der Waals surface area contributed by atoms with Gasteiger partial charge in [0.15, 0.2) is 0 Å². The van der Waals surface area contributed by atoms with E-state index in [9.17, 15) is 23.1 Å². The Morgan fingerprint density at radius 1 is 1.11 bits per heavy atom. The van der Waals surface area contributed by atoms with Crippen LogP contribution in [-0.2, 0) is 21.4 Å². The molecule has 0 aromatic heterocycles. The Balaban J connectivity index is 1.20. The number of sulfonamides is 1. The summed E-state index contributed by atoms with van der Waals surface area (Å²) in [5, 5.41) is 12.6. The number of halogens is 2. The van der Waals surface area contributed by atoms with E-state index in [0.717, 1.165) is 24.0 Å². The van der Waals surface area contributed by atoms with Crippen LogP contribution in [0, 0.1) is 0 Å². The lowest BCUT2D eigenvalue weighted by atomic mass is 10.1. The van der Waals surface area contributed by atoms with Crippen LogP contribution in [0.15, 0.2) is 52.4 Å². The lowest BCUT2D eigenvalue weighted by molar-refractivity contribution is -0.118. The van der Waals surface area contributed by atoms with Crippen molar-refractivity contribution in [3.8, 4) is 0 Å². The average molecular weight is 582 g/mol. The molecule has 0 saturated heterocycles. The molecule has 9 nitrogen and oxygen atoms in total. The van der Waals surface area contributed by atoms with Crippen molar-refractivity contribution in [1.29, 1.82) is 0 Å². The number of benzene rings is 2. The van der Waals surface area contributed by atoms with Gasteiger partial charge in [-0.1, -0.05) is 53.5 Å². The zero-order valence-electron chi connectivity index (χ0n) is 20.8. The number of carbonyl (C=O) groups is 2. The van der Waals surface area contributed by atoms with Crippen molar-refractivity contribution in [2.45, 2.75) is 49.6 Å². The molecule has 1 saturated carbocycles. The molecule has 2 aliphatic rings. The summed E-state index contributed by atoms with van der Waals surface area (Å²) in [5.74, 6) is 0.508. The Morgan fingerprint density at radius 3 is 2.53 bits per heavy atom. The van der Waals surface area contributed by atoms with E-state index in [-0.39, 0.29) is 33.3 Å². The zero-order chi connectivity index (χ0) is 27.3. The molecule has 2 aromatic carbocycles. The molecule has 0 spiro atoms. The number of nitrogens with one attached hydrogen (secondary N) is 1.